The van der Waals surface area contributed by atoms with Gasteiger partial charge in [0.05, 0.1) is 0 Å². The topological polar surface area (TPSA) is 57.5 Å². The van der Waals surface area contributed by atoms with Crippen LogP contribution < -0.4 is 0 Å². The summed E-state index contributed by atoms with van der Waals surface area (Å²) in [6, 6.07) is 0. The maximum Gasteiger partial charge on any atom is 0.335 e. The molecule has 0 fully saturated rings. The van der Waals surface area contributed by atoms with Crippen molar-refractivity contribution in [3.8, 4) is 0 Å². The molecule has 0 heterocycles. The zero-order valence-corrected chi connectivity index (χ0v) is 9.96. The van der Waals surface area contributed by atoms with Crippen molar-refractivity contribution in [2.24, 2.45) is 0 Å². The molecule has 3 nitrogen and oxygen atoms in total. The molecule has 0 aromatic rings. The van der Waals surface area contributed by atoms with E-state index in [9.17, 15) is 9.90 Å². The Morgan fingerprint density at radius 3 is 2.00 bits per heavy atom. The third-order valence-corrected chi connectivity index (χ3v) is 2.73. The molecular weight excluding hydrogens is 192 g/mol. The van der Waals surface area contributed by atoms with Crippen molar-refractivity contribution in [1.82, 2.24) is 0 Å². The lowest BCUT2D eigenvalue weighted by atomic mass is 9.98. The summed E-state index contributed by atoms with van der Waals surface area (Å²) < 4.78 is 0. The first-order chi connectivity index (χ1) is 7.00. The van der Waals surface area contributed by atoms with Gasteiger partial charge in [-0.3, -0.25) is 0 Å². The third kappa shape index (κ3) is 7.37. The maximum atomic E-state index is 10.6. The Labute approximate surface area is 92.5 Å². The van der Waals surface area contributed by atoms with E-state index in [1.165, 1.54) is 32.6 Å². The first kappa shape index (κ1) is 14.4. The summed E-state index contributed by atoms with van der Waals surface area (Å²) in [7, 11) is 0. The molecule has 3 heteroatoms. The van der Waals surface area contributed by atoms with Gasteiger partial charge in [-0.05, 0) is 19.8 Å². The molecule has 0 aliphatic heterocycles. The zero-order chi connectivity index (χ0) is 11.7. The van der Waals surface area contributed by atoms with Crippen molar-refractivity contribution in [3.05, 3.63) is 0 Å². The summed E-state index contributed by atoms with van der Waals surface area (Å²) in [5.74, 6) is -1.12. The quantitative estimate of drug-likeness (QED) is 0.582. The molecule has 2 N–H and O–H groups in total. The number of hydrogen-bond acceptors (Lipinski definition) is 2. The molecule has 0 unspecified atom stereocenters. The van der Waals surface area contributed by atoms with Gasteiger partial charge in [-0.2, -0.15) is 0 Å². The second-order valence-corrected chi connectivity index (χ2v) is 4.45. The molecule has 90 valence electrons. The van der Waals surface area contributed by atoms with E-state index in [-0.39, 0.29) is 0 Å². The molecule has 0 amide bonds. The van der Waals surface area contributed by atoms with Crippen LogP contribution in [0.3, 0.4) is 0 Å². The first-order valence-electron chi connectivity index (χ1n) is 5.96. The summed E-state index contributed by atoms with van der Waals surface area (Å²) >= 11 is 0. The van der Waals surface area contributed by atoms with Crippen molar-refractivity contribution in [3.63, 3.8) is 0 Å². The predicted molar refractivity (Wildman–Crippen MR) is 60.9 cm³/mol. The number of carboxylic acid groups (broad SMARTS) is 1. The smallest absolute Gasteiger partial charge is 0.335 e. The molecular formula is C12H24O3. The lowest BCUT2D eigenvalue weighted by Crippen LogP contribution is -2.34. The second kappa shape index (κ2) is 7.69. The summed E-state index contributed by atoms with van der Waals surface area (Å²) in [5.41, 5.74) is -1.54. The van der Waals surface area contributed by atoms with Crippen LogP contribution in [-0.4, -0.2) is 21.8 Å². The lowest BCUT2D eigenvalue weighted by molar-refractivity contribution is -0.157. The Hall–Kier alpha value is -0.570. The molecule has 0 spiro atoms. The van der Waals surface area contributed by atoms with Crippen LogP contribution in [0.5, 0.6) is 0 Å². The fraction of sp³-hybridized carbons (Fsp3) is 0.917. The van der Waals surface area contributed by atoms with Crippen LogP contribution in [0.4, 0.5) is 0 Å². The van der Waals surface area contributed by atoms with Crippen LogP contribution in [0.15, 0.2) is 0 Å². The molecule has 0 radical (unpaired) electrons. The SMILES string of the molecule is CCCCCCCCC[C@](C)(O)C(=O)O. The third-order valence-electron chi connectivity index (χ3n) is 2.73. The number of hydrogen-bond donors (Lipinski definition) is 2. The van der Waals surface area contributed by atoms with Crippen molar-refractivity contribution < 1.29 is 15.0 Å². The van der Waals surface area contributed by atoms with Crippen molar-refractivity contribution in [2.75, 3.05) is 0 Å². The average molecular weight is 216 g/mol. The van der Waals surface area contributed by atoms with Gasteiger partial charge in [0, 0.05) is 0 Å². The fourth-order valence-electron chi connectivity index (χ4n) is 1.53. The van der Waals surface area contributed by atoms with Crippen LogP contribution in [0, 0.1) is 0 Å². The molecule has 0 aromatic heterocycles. The number of carbonyl (C=O) groups is 1. The van der Waals surface area contributed by atoms with Crippen LogP contribution in [0.2, 0.25) is 0 Å². The summed E-state index contributed by atoms with van der Waals surface area (Å²) in [6.07, 6.45) is 8.35. The largest absolute Gasteiger partial charge is 0.479 e. The van der Waals surface area contributed by atoms with E-state index < -0.39 is 11.6 Å². The molecule has 0 aliphatic rings. The van der Waals surface area contributed by atoms with E-state index >= 15 is 0 Å². The van der Waals surface area contributed by atoms with E-state index in [2.05, 4.69) is 6.92 Å². The summed E-state index contributed by atoms with van der Waals surface area (Å²) in [6.45, 7) is 3.55. The Bertz CT molecular complexity index is 176. The normalized spacial score (nSPS) is 14.9. The summed E-state index contributed by atoms with van der Waals surface area (Å²) in [4.78, 5) is 10.6. The molecule has 0 rings (SSSR count). The van der Waals surface area contributed by atoms with Gasteiger partial charge in [0.1, 0.15) is 0 Å². The van der Waals surface area contributed by atoms with Gasteiger partial charge in [-0.1, -0.05) is 45.4 Å². The van der Waals surface area contributed by atoms with Crippen LogP contribution in [0.25, 0.3) is 0 Å². The molecule has 0 saturated carbocycles. The van der Waals surface area contributed by atoms with Gasteiger partial charge >= 0.3 is 5.97 Å². The predicted octanol–water partition coefficient (Wildman–Crippen LogP) is 2.96. The minimum atomic E-state index is -1.54. The Balaban J connectivity index is 3.35. The lowest BCUT2D eigenvalue weighted by Gasteiger charge is -2.17. The van der Waals surface area contributed by atoms with Gasteiger partial charge in [-0.25, -0.2) is 4.79 Å². The molecule has 0 aromatic carbocycles. The molecule has 1 atom stereocenters. The highest BCUT2D eigenvalue weighted by atomic mass is 16.4. The number of unbranched alkanes of at least 4 members (excludes halogenated alkanes) is 6. The zero-order valence-electron chi connectivity index (χ0n) is 9.96. The minimum absolute atomic E-state index is 0.357. The minimum Gasteiger partial charge on any atom is -0.479 e. The highest BCUT2D eigenvalue weighted by Crippen LogP contribution is 2.16. The Morgan fingerprint density at radius 1 is 1.07 bits per heavy atom. The molecule has 0 aliphatic carbocycles. The number of rotatable bonds is 9. The van der Waals surface area contributed by atoms with Crippen LogP contribution >= 0.6 is 0 Å². The number of aliphatic carboxylic acids is 1. The van der Waals surface area contributed by atoms with Gasteiger partial charge in [-0.15, -0.1) is 0 Å². The van der Waals surface area contributed by atoms with E-state index in [1.54, 1.807) is 0 Å². The monoisotopic (exact) mass is 216 g/mol. The van der Waals surface area contributed by atoms with Crippen molar-refractivity contribution in [2.45, 2.75) is 70.8 Å². The highest BCUT2D eigenvalue weighted by molar-refractivity contribution is 5.76. The van der Waals surface area contributed by atoms with Gasteiger partial charge < -0.3 is 10.2 Å². The number of aliphatic hydroxyl groups is 1. The van der Waals surface area contributed by atoms with Gasteiger partial charge in [0.25, 0.3) is 0 Å². The van der Waals surface area contributed by atoms with Gasteiger partial charge in [0.2, 0.25) is 0 Å². The summed E-state index contributed by atoms with van der Waals surface area (Å²) in [5, 5.41) is 18.1. The molecule has 0 saturated heterocycles. The second-order valence-electron chi connectivity index (χ2n) is 4.45. The first-order valence-corrected chi connectivity index (χ1v) is 5.96. The highest BCUT2D eigenvalue weighted by Gasteiger charge is 2.28. The van der Waals surface area contributed by atoms with E-state index in [1.807, 2.05) is 0 Å². The number of carboxylic acids is 1. The standard InChI is InChI=1S/C12H24O3/c1-3-4-5-6-7-8-9-10-12(2,15)11(13)14/h15H,3-10H2,1-2H3,(H,13,14)/t12-/m0/s1. The van der Waals surface area contributed by atoms with E-state index in [4.69, 9.17) is 5.11 Å². The maximum absolute atomic E-state index is 10.6. The Kier molecular flexibility index (Phi) is 7.39. The van der Waals surface area contributed by atoms with E-state index in [0.717, 1.165) is 19.3 Å². The fourth-order valence-corrected chi connectivity index (χ4v) is 1.53. The van der Waals surface area contributed by atoms with Crippen molar-refractivity contribution >= 4 is 5.97 Å². The molecule has 15 heavy (non-hydrogen) atoms. The van der Waals surface area contributed by atoms with Crippen LogP contribution in [-0.2, 0) is 4.79 Å². The molecule has 0 bridgehead atoms. The van der Waals surface area contributed by atoms with Crippen LogP contribution in [0.1, 0.15) is 65.2 Å². The average Bonchev–Trinajstić information content (AvgIpc) is 2.16. The van der Waals surface area contributed by atoms with Crippen molar-refractivity contribution in [1.29, 1.82) is 0 Å². The van der Waals surface area contributed by atoms with E-state index in [0.29, 0.717) is 6.42 Å². The van der Waals surface area contributed by atoms with Gasteiger partial charge in [0.15, 0.2) is 5.60 Å². The Morgan fingerprint density at radius 2 is 1.53 bits per heavy atom.